The van der Waals surface area contributed by atoms with Crippen LogP contribution < -0.4 is 14.8 Å². The van der Waals surface area contributed by atoms with Gasteiger partial charge in [-0.2, -0.15) is 9.78 Å². The predicted octanol–water partition coefficient (Wildman–Crippen LogP) is 3.03. The molecule has 0 saturated heterocycles. The molecule has 0 bridgehead atoms. The molecule has 1 aromatic heterocycles. The number of ether oxygens (including phenoxy) is 1. The van der Waals surface area contributed by atoms with Crippen molar-refractivity contribution in [3.8, 4) is 16.9 Å². The summed E-state index contributed by atoms with van der Waals surface area (Å²) in [5.74, 6) is 0.260. The minimum Gasteiger partial charge on any atom is -0.496 e. The summed E-state index contributed by atoms with van der Waals surface area (Å²) in [6.07, 6.45) is 0.126. The van der Waals surface area contributed by atoms with E-state index in [-0.39, 0.29) is 41.9 Å². The lowest BCUT2D eigenvalue weighted by molar-refractivity contribution is -0.116. The number of fused-ring (bicyclic) bond motifs is 1. The highest BCUT2D eigenvalue weighted by atomic mass is 32.2. The van der Waals surface area contributed by atoms with E-state index in [0.29, 0.717) is 33.7 Å². The molecule has 0 fully saturated rings. The van der Waals surface area contributed by atoms with Crippen molar-refractivity contribution >= 4 is 27.7 Å². The number of rotatable bonds is 6. The Morgan fingerprint density at radius 1 is 1.12 bits per heavy atom. The summed E-state index contributed by atoms with van der Waals surface area (Å²) in [6, 6.07) is 12.1. The van der Waals surface area contributed by atoms with Crippen molar-refractivity contribution in [3.63, 3.8) is 0 Å². The molecule has 1 aliphatic heterocycles. The smallest absolute Gasteiger partial charge is 0.249 e. The van der Waals surface area contributed by atoms with Gasteiger partial charge in [0.2, 0.25) is 21.8 Å². The summed E-state index contributed by atoms with van der Waals surface area (Å²) in [5.41, 5.74) is 2.82. The minimum atomic E-state index is -3.88. The third-order valence-electron chi connectivity index (χ3n) is 5.53. The lowest BCUT2D eigenvalue weighted by Gasteiger charge is -2.13. The maximum Gasteiger partial charge on any atom is 0.249 e. The van der Waals surface area contributed by atoms with Gasteiger partial charge in [0.1, 0.15) is 11.6 Å². The molecule has 0 saturated carbocycles. The van der Waals surface area contributed by atoms with Crippen LogP contribution in [-0.4, -0.2) is 37.1 Å². The Labute approximate surface area is 191 Å². The summed E-state index contributed by atoms with van der Waals surface area (Å²) in [4.78, 5) is 24.6. The third kappa shape index (κ3) is 4.39. The summed E-state index contributed by atoms with van der Waals surface area (Å²) >= 11 is 0. The van der Waals surface area contributed by atoms with Crippen molar-refractivity contribution in [1.82, 2.24) is 14.5 Å². The van der Waals surface area contributed by atoms with Crippen molar-refractivity contribution in [1.29, 1.82) is 0 Å². The Balaban J connectivity index is 1.72. The van der Waals surface area contributed by atoms with Crippen LogP contribution in [-0.2, 0) is 21.4 Å². The van der Waals surface area contributed by atoms with Crippen LogP contribution in [0.25, 0.3) is 11.1 Å². The molecule has 0 atom stereocenters. The van der Waals surface area contributed by atoms with Crippen LogP contribution in [0.1, 0.15) is 34.5 Å². The van der Waals surface area contributed by atoms with Gasteiger partial charge < -0.3 is 10.1 Å². The Kier molecular flexibility index (Phi) is 6.05. The zero-order chi connectivity index (χ0) is 23.8. The van der Waals surface area contributed by atoms with Crippen LogP contribution in [0.15, 0.2) is 47.4 Å². The van der Waals surface area contributed by atoms with Crippen LogP contribution in [0.5, 0.6) is 5.75 Å². The molecule has 2 N–H and O–H groups in total. The molecular weight excluding hydrogens is 444 g/mol. The molecule has 4 rings (SSSR count). The first-order valence-electron chi connectivity index (χ1n) is 10.4. The van der Waals surface area contributed by atoms with E-state index in [4.69, 9.17) is 4.74 Å². The third-order valence-corrected chi connectivity index (χ3v) is 7.08. The number of sulfonamides is 1. The topological polar surface area (TPSA) is 119 Å². The first-order valence-corrected chi connectivity index (χ1v) is 11.8. The molecule has 10 heteroatoms. The minimum absolute atomic E-state index is 0.0553. The Bertz CT molecular complexity index is 1360. The fourth-order valence-corrected chi connectivity index (χ4v) is 5.11. The first kappa shape index (κ1) is 22.7. The summed E-state index contributed by atoms with van der Waals surface area (Å²) in [5, 5.41) is 7.02. The van der Waals surface area contributed by atoms with Gasteiger partial charge >= 0.3 is 0 Å². The Morgan fingerprint density at radius 3 is 2.64 bits per heavy atom. The van der Waals surface area contributed by atoms with Gasteiger partial charge in [-0.15, -0.1) is 0 Å². The van der Waals surface area contributed by atoms with Crippen LogP contribution in [0.4, 0.5) is 5.82 Å². The maximum absolute atomic E-state index is 13.2. The summed E-state index contributed by atoms with van der Waals surface area (Å²) < 4.78 is 35.5. The number of nitrogens with one attached hydrogen (secondary N) is 2. The zero-order valence-electron chi connectivity index (χ0n) is 18.5. The van der Waals surface area contributed by atoms with E-state index in [2.05, 4.69) is 15.1 Å². The number of hydrogen-bond donors (Lipinski definition) is 2. The lowest BCUT2D eigenvalue weighted by atomic mass is 10.0. The van der Waals surface area contributed by atoms with Crippen LogP contribution in [0.3, 0.4) is 0 Å². The average molecular weight is 469 g/mol. The van der Waals surface area contributed by atoms with Gasteiger partial charge in [-0.1, -0.05) is 30.3 Å². The molecule has 2 aromatic carbocycles. The number of carbonyl (C=O) groups is 2. The normalized spacial score (nSPS) is 13.9. The Hall–Kier alpha value is -3.50. The number of aryl methyl sites for hydroxylation is 2. The van der Waals surface area contributed by atoms with Gasteiger partial charge in [0.25, 0.3) is 0 Å². The molecule has 0 aliphatic carbocycles. The number of nitrogens with zero attached hydrogens (tertiary/aromatic N) is 2. The van der Waals surface area contributed by atoms with Gasteiger partial charge in [-0.05, 0) is 37.1 Å². The second-order valence-electron chi connectivity index (χ2n) is 7.78. The van der Waals surface area contributed by atoms with E-state index in [1.54, 1.807) is 38.1 Å². The number of amides is 1. The number of carbonyl (C=O) groups excluding carboxylic acids is 2. The summed E-state index contributed by atoms with van der Waals surface area (Å²) in [6.45, 7) is 3.48. The second kappa shape index (κ2) is 8.80. The molecule has 3 aromatic rings. The molecule has 0 radical (unpaired) electrons. The van der Waals surface area contributed by atoms with E-state index in [1.807, 2.05) is 12.1 Å². The van der Waals surface area contributed by atoms with E-state index in [9.17, 15) is 18.0 Å². The molecule has 0 spiro atoms. The van der Waals surface area contributed by atoms with Crippen molar-refractivity contribution in [3.05, 3.63) is 59.3 Å². The number of benzene rings is 2. The van der Waals surface area contributed by atoms with Crippen molar-refractivity contribution < 1.29 is 22.7 Å². The molecule has 172 valence electrons. The predicted molar refractivity (Wildman–Crippen MR) is 123 cm³/mol. The van der Waals surface area contributed by atoms with Gasteiger partial charge in [0, 0.05) is 30.5 Å². The van der Waals surface area contributed by atoms with Crippen LogP contribution in [0, 0.1) is 13.8 Å². The van der Waals surface area contributed by atoms with Crippen molar-refractivity contribution in [2.75, 3.05) is 12.4 Å². The zero-order valence-corrected chi connectivity index (χ0v) is 19.3. The standard InChI is InChI=1S/C23H24N4O5S/c1-14-8-9-16(22-15(2)26-27-21(29)11-10-20(28)25-23(22)27)12-19(14)33(30,31)24-13-17-6-4-5-7-18(17)32-3/h4-9,12,24H,10-11,13H2,1-3H3,(H,25,28). The van der Waals surface area contributed by atoms with Gasteiger partial charge in [0.15, 0.2) is 0 Å². The van der Waals surface area contributed by atoms with E-state index < -0.39 is 10.0 Å². The molecule has 9 nitrogen and oxygen atoms in total. The molecule has 1 aliphatic rings. The number of methoxy groups -OCH3 is 1. The number of hydrogen-bond acceptors (Lipinski definition) is 6. The maximum atomic E-state index is 13.2. The molecule has 0 unspecified atom stereocenters. The Morgan fingerprint density at radius 2 is 1.88 bits per heavy atom. The monoisotopic (exact) mass is 468 g/mol. The average Bonchev–Trinajstić information content (AvgIpc) is 3.05. The number of anilines is 1. The van der Waals surface area contributed by atoms with Gasteiger partial charge in [-0.25, -0.2) is 13.1 Å². The number of para-hydroxylation sites is 1. The fourth-order valence-electron chi connectivity index (χ4n) is 3.83. The van der Waals surface area contributed by atoms with Crippen molar-refractivity contribution in [2.24, 2.45) is 0 Å². The first-order chi connectivity index (χ1) is 15.7. The SMILES string of the molecule is COc1ccccc1CNS(=O)(=O)c1cc(-c2c(C)nn3c2NC(=O)CCC3=O)ccc1C. The summed E-state index contributed by atoms with van der Waals surface area (Å²) in [7, 11) is -2.35. The molecule has 1 amide bonds. The van der Waals surface area contributed by atoms with Gasteiger partial charge in [0.05, 0.1) is 17.7 Å². The fraction of sp³-hybridized carbons (Fsp3) is 0.261. The largest absolute Gasteiger partial charge is 0.496 e. The van der Waals surface area contributed by atoms with Gasteiger partial charge in [-0.3, -0.25) is 9.59 Å². The van der Waals surface area contributed by atoms with Crippen LogP contribution in [0.2, 0.25) is 0 Å². The lowest BCUT2D eigenvalue weighted by Crippen LogP contribution is -2.24. The van der Waals surface area contributed by atoms with E-state index in [1.165, 1.54) is 17.9 Å². The highest BCUT2D eigenvalue weighted by Gasteiger charge is 2.27. The quantitative estimate of drug-likeness (QED) is 0.574. The second-order valence-corrected chi connectivity index (χ2v) is 9.51. The van der Waals surface area contributed by atoms with E-state index in [0.717, 1.165) is 0 Å². The van der Waals surface area contributed by atoms with Crippen LogP contribution >= 0.6 is 0 Å². The highest BCUT2D eigenvalue weighted by molar-refractivity contribution is 7.89. The number of aromatic nitrogens is 2. The molecular formula is C23H24N4O5S. The highest BCUT2D eigenvalue weighted by Crippen LogP contribution is 2.35. The molecule has 2 heterocycles. The van der Waals surface area contributed by atoms with E-state index >= 15 is 0 Å². The molecule has 33 heavy (non-hydrogen) atoms. The van der Waals surface area contributed by atoms with Crippen molar-refractivity contribution in [2.45, 2.75) is 38.1 Å².